The molecule has 1 nitrogen and oxygen atoms in total. The molecule has 3 aliphatic rings. The summed E-state index contributed by atoms with van der Waals surface area (Å²) in [4.78, 5) is 0. The van der Waals surface area contributed by atoms with Crippen molar-refractivity contribution in [3.8, 4) is 0 Å². The zero-order valence-electron chi connectivity index (χ0n) is 7.37. The van der Waals surface area contributed by atoms with Crippen molar-refractivity contribution in [2.75, 3.05) is 0 Å². The molecule has 12 heavy (non-hydrogen) atoms. The van der Waals surface area contributed by atoms with E-state index in [2.05, 4.69) is 18.7 Å². The second kappa shape index (κ2) is 2.74. The highest BCUT2D eigenvalue weighted by atomic mass is 16.3. The molecule has 0 radical (unpaired) electrons. The topological polar surface area (TPSA) is 20.2 Å². The average molecular weight is 164 g/mol. The average Bonchev–Trinajstić information content (AvgIpc) is 2.05. The van der Waals surface area contributed by atoms with Gasteiger partial charge in [0.05, 0.1) is 5.60 Å². The van der Waals surface area contributed by atoms with Gasteiger partial charge in [-0.2, -0.15) is 0 Å². The summed E-state index contributed by atoms with van der Waals surface area (Å²) in [5.41, 5.74) is -0.459. The van der Waals surface area contributed by atoms with Crippen LogP contribution in [0.5, 0.6) is 0 Å². The second-order valence-corrected chi connectivity index (χ2v) is 4.13. The first kappa shape index (κ1) is 8.06. The molecule has 3 atom stereocenters. The van der Waals surface area contributed by atoms with Crippen LogP contribution in [0, 0.1) is 11.8 Å². The maximum Gasteiger partial charge on any atom is 0.0749 e. The fourth-order valence-corrected chi connectivity index (χ4v) is 2.59. The van der Waals surface area contributed by atoms with E-state index in [9.17, 15) is 5.11 Å². The molecule has 0 aromatic carbocycles. The summed E-state index contributed by atoms with van der Waals surface area (Å²) in [5, 5.41) is 10.2. The van der Waals surface area contributed by atoms with E-state index in [1.54, 1.807) is 0 Å². The highest BCUT2D eigenvalue weighted by molar-refractivity contribution is 5.13. The maximum absolute atomic E-state index is 10.2. The van der Waals surface area contributed by atoms with Crippen molar-refractivity contribution >= 4 is 0 Å². The third kappa shape index (κ3) is 1.13. The lowest BCUT2D eigenvalue weighted by Gasteiger charge is -2.44. The van der Waals surface area contributed by atoms with Crippen molar-refractivity contribution in [1.29, 1.82) is 0 Å². The first-order chi connectivity index (χ1) is 5.74. The van der Waals surface area contributed by atoms with Crippen molar-refractivity contribution in [3.63, 3.8) is 0 Å². The van der Waals surface area contributed by atoms with Gasteiger partial charge >= 0.3 is 0 Å². The summed E-state index contributed by atoms with van der Waals surface area (Å²) in [6.45, 7) is 3.70. The van der Waals surface area contributed by atoms with Crippen LogP contribution in [0.4, 0.5) is 0 Å². The molecule has 3 rings (SSSR count). The van der Waals surface area contributed by atoms with Gasteiger partial charge in [0, 0.05) is 5.92 Å². The molecule has 0 amide bonds. The molecular weight excluding hydrogens is 148 g/mol. The van der Waals surface area contributed by atoms with Crippen molar-refractivity contribution in [1.82, 2.24) is 0 Å². The summed E-state index contributed by atoms with van der Waals surface area (Å²) in [7, 11) is 0. The van der Waals surface area contributed by atoms with Crippen LogP contribution in [0.1, 0.15) is 25.7 Å². The lowest BCUT2D eigenvalue weighted by atomic mass is 9.65. The fraction of sp³-hybridized carbons (Fsp3) is 0.636. The van der Waals surface area contributed by atoms with Crippen molar-refractivity contribution < 1.29 is 5.11 Å². The van der Waals surface area contributed by atoms with E-state index >= 15 is 0 Å². The summed E-state index contributed by atoms with van der Waals surface area (Å²) >= 11 is 0. The quantitative estimate of drug-likeness (QED) is 0.621. The predicted octanol–water partition coefficient (Wildman–Crippen LogP) is 2.28. The summed E-state index contributed by atoms with van der Waals surface area (Å²) in [6.07, 6.45) is 10.4. The Bertz CT molecular complexity index is 219. The monoisotopic (exact) mass is 164 g/mol. The van der Waals surface area contributed by atoms with Crippen LogP contribution in [0.15, 0.2) is 24.8 Å². The Morgan fingerprint density at radius 1 is 1.50 bits per heavy atom. The molecule has 66 valence electrons. The molecule has 0 aliphatic heterocycles. The smallest absolute Gasteiger partial charge is 0.0749 e. The highest BCUT2D eigenvalue weighted by Gasteiger charge is 2.42. The number of rotatable bonds is 2. The lowest BCUT2D eigenvalue weighted by molar-refractivity contribution is -0.0464. The first-order valence-electron chi connectivity index (χ1n) is 4.76. The molecule has 0 saturated heterocycles. The third-order valence-electron chi connectivity index (χ3n) is 3.27. The zero-order valence-corrected chi connectivity index (χ0v) is 7.37. The molecule has 0 heterocycles. The van der Waals surface area contributed by atoms with E-state index in [1.165, 1.54) is 6.42 Å². The van der Waals surface area contributed by atoms with Gasteiger partial charge < -0.3 is 5.11 Å². The molecular formula is C11H16O. The van der Waals surface area contributed by atoms with Gasteiger partial charge in [-0.1, -0.05) is 18.2 Å². The summed E-state index contributed by atoms with van der Waals surface area (Å²) in [5.74, 6) is 1.01. The largest absolute Gasteiger partial charge is 0.389 e. The van der Waals surface area contributed by atoms with Crippen LogP contribution in [-0.2, 0) is 0 Å². The number of aliphatic hydroxyl groups is 1. The standard InChI is InChI=1S/C11H16O/c1-2-7-11(12)8-9-3-5-10(11)6-4-9/h2-3,5,9-10,12H,1,4,6-8H2/t9-,10+,11+/m0/s1. The molecule has 3 aliphatic carbocycles. The van der Waals surface area contributed by atoms with Gasteiger partial charge in [-0.05, 0) is 31.6 Å². The Hall–Kier alpha value is -0.560. The Kier molecular flexibility index (Phi) is 1.84. The Morgan fingerprint density at radius 2 is 2.33 bits per heavy atom. The van der Waals surface area contributed by atoms with Crippen molar-refractivity contribution in [2.45, 2.75) is 31.3 Å². The van der Waals surface area contributed by atoms with Crippen molar-refractivity contribution in [3.05, 3.63) is 24.8 Å². The normalized spacial score (nSPS) is 44.8. The highest BCUT2D eigenvalue weighted by Crippen LogP contribution is 2.44. The van der Waals surface area contributed by atoms with E-state index in [1.807, 2.05) is 6.08 Å². The van der Waals surface area contributed by atoms with Crippen LogP contribution in [-0.4, -0.2) is 10.7 Å². The maximum atomic E-state index is 10.2. The Morgan fingerprint density at radius 3 is 2.75 bits per heavy atom. The lowest BCUT2D eigenvalue weighted by Crippen LogP contribution is -2.44. The second-order valence-electron chi connectivity index (χ2n) is 4.13. The van der Waals surface area contributed by atoms with Crippen molar-refractivity contribution in [2.24, 2.45) is 11.8 Å². The van der Waals surface area contributed by atoms with Crippen LogP contribution >= 0.6 is 0 Å². The van der Waals surface area contributed by atoms with Crippen LogP contribution < -0.4 is 0 Å². The van der Waals surface area contributed by atoms with E-state index < -0.39 is 5.60 Å². The molecule has 1 fully saturated rings. The van der Waals surface area contributed by atoms with E-state index in [0.29, 0.717) is 11.8 Å². The van der Waals surface area contributed by atoms with Gasteiger partial charge in [0.25, 0.3) is 0 Å². The van der Waals surface area contributed by atoms with Gasteiger partial charge in [-0.15, -0.1) is 6.58 Å². The van der Waals surface area contributed by atoms with Gasteiger partial charge in [0.1, 0.15) is 0 Å². The Labute approximate surface area is 73.8 Å². The van der Waals surface area contributed by atoms with Gasteiger partial charge in [-0.25, -0.2) is 0 Å². The zero-order chi connectivity index (χ0) is 8.60. The minimum absolute atomic E-state index is 0.389. The molecule has 1 saturated carbocycles. The third-order valence-corrected chi connectivity index (χ3v) is 3.27. The molecule has 1 N–H and O–H groups in total. The number of hydrogen-bond donors (Lipinski definition) is 1. The minimum Gasteiger partial charge on any atom is -0.389 e. The predicted molar refractivity (Wildman–Crippen MR) is 49.7 cm³/mol. The van der Waals surface area contributed by atoms with Gasteiger partial charge in [-0.3, -0.25) is 0 Å². The minimum atomic E-state index is -0.459. The Balaban J connectivity index is 2.19. The molecule has 0 aromatic rings. The number of hydrogen-bond acceptors (Lipinski definition) is 1. The SMILES string of the molecule is C=CC[C@@]1(O)C[C@H]2C=C[C@@H]1CC2. The van der Waals surface area contributed by atoms with Crippen LogP contribution in [0.2, 0.25) is 0 Å². The fourth-order valence-electron chi connectivity index (χ4n) is 2.59. The molecule has 2 bridgehead atoms. The van der Waals surface area contributed by atoms with E-state index in [-0.39, 0.29) is 0 Å². The van der Waals surface area contributed by atoms with E-state index in [4.69, 9.17) is 0 Å². The van der Waals surface area contributed by atoms with Crippen LogP contribution in [0.3, 0.4) is 0 Å². The number of fused-ring (bicyclic) bond motifs is 2. The van der Waals surface area contributed by atoms with Gasteiger partial charge in [0.15, 0.2) is 0 Å². The molecule has 0 spiro atoms. The molecule has 1 heteroatoms. The molecule has 0 unspecified atom stereocenters. The van der Waals surface area contributed by atoms with Gasteiger partial charge in [0.2, 0.25) is 0 Å². The van der Waals surface area contributed by atoms with E-state index in [0.717, 1.165) is 19.3 Å². The summed E-state index contributed by atoms with van der Waals surface area (Å²) < 4.78 is 0. The van der Waals surface area contributed by atoms with Crippen LogP contribution in [0.25, 0.3) is 0 Å². The number of allylic oxidation sites excluding steroid dienone is 1. The first-order valence-corrected chi connectivity index (χ1v) is 4.76. The summed E-state index contributed by atoms with van der Waals surface area (Å²) in [6, 6.07) is 0. The molecule has 0 aromatic heterocycles.